The van der Waals surface area contributed by atoms with Gasteiger partial charge < -0.3 is 19.6 Å². The highest BCUT2D eigenvalue weighted by Gasteiger charge is 2.48. The number of methoxy groups -OCH3 is 2. The summed E-state index contributed by atoms with van der Waals surface area (Å²) in [6.45, 7) is 1.96. The van der Waals surface area contributed by atoms with Crippen molar-refractivity contribution in [3.8, 4) is 11.5 Å². The van der Waals surface area contributed by atoms with E-state index in [9.17, 15) is 14.7 Å². The zero-order valence-corrected chi connectivity index (χ0v) is 19.4. The molecule has 0 spiro atoms. The average molecular weight is 469 g/mol. The standard InChI is InChI=1S/C27H23N3O5/c1-15-9-11-19-20(13-15)29-27(28-19)30-23(16-7-5-4-6-8-16)22(25(32)26(30)33)24(31)18-14-17(34-2)10-12-21(18)35-3/h4-14,23,31H,1-3H3,(H,28,29)/b24-22+. The highest BCUT2D eigenvalue weighted by molar-refractivity contribution is 6.51. The number of nitrogens with one attached hydrogen (secondary N) is 1. The number of carbonyl (C=O) groups excluding carboxylic acids is 2. The lowest BCUT2D eigenvalue weighted by Crippen LogP contribution is -2.30. The van der Waals surface area contributed by atoms with Crippen molar-refractivity contribution in [2.45, 2.75) is 13.0 Å². The van der Waals surface area contributed by atoms with Crippen LogP contribution in [-0.4, -0.2) is 41.0 Å². The normalized spacial score (nSPS) is 17.2. The predicted molar refractivity (Wildman–Crippen MR) is 132 cm³/mol. The van der Waals surface area contributed by atoms with Crippen molar-refractivity contribution in [2.24, 2.45) is 0 Å². The van der Waals surface area contributed by atoms with E-state index < -0.39 is 17.7 Å². The van der Waals surface area contributed by atoms with Gasteiger partial charge in [-0.05, 0) is 48.4 Å². The first-order valence-electron chi connectivity index (χ1n) is 11.0. The van der Waals surface area contributed by atoms with Gasteiger partial charge in [-0.3, -0.25) is 14.5 Å². The topological polar surface area (TPSA) is 105 Å². The summed E-state index contributed by atoms with van der Waals surface area (Å²) in [4.78, 5) is 35.8. The maximum Gasteiger partial charge on any atom is 0.302 e. The third-order valence-corrected chi connectivity index (χ3v) is 6.07. The molecule has 1 aliphatic rings. The number of fused-ring (bicyclic) bond motifs is 1. The summed E-state index contributed by atoms with van der Waals surface area (Å²) in [6.07, 6.45) is 0. The molecule has 35 heavy (non-hydrogen) atoms. The number of ether oxygens (including phenoxy) is 2. The number of benzene rings is 3. The molecular formula is C27H23N3O5. The van der Waals surface area contributed by atoms with Crippen molar-refractivity contribution in [3.05, 3.63) is 89.0 Å². The molecule has 0 radical (unpaired) electrons. The summed E-state index contributed by atoms with van der Waals surface area (Å²) in [7, 11) is 2.96. The van der Waals surface area contributed by atoms with Gasteiger partial charge in [0.05, 0.1) is 42.4 Å². The molecule has 2 heterocycles. The number of aryl methyl sites for hydroxylation is 1. The summed E-state index contributed by atoms with van der Waals surface area (Å²) in [5, 5.41) is 11.4. The molecule has 1 aromatic heterocycles. The van der Waals surface area contributed by atoms with E-state index in [1.54, 1.807) is 30.3 Å². The Hall–Kier alpha value is -4.59. The first-order chi connectivity index (χ1) is 16.9. The van der Waals surface area contributed by atoms with Crippen molar-refractivity contribution in [2.75, 3.05) is 19.1 Å². The largest absolute Gasteiger partial charge is 0.507 e. The Kier molecular flexibility index (Phi) is 5.49. The molecule has 1 amide bonds. The van der Waals surface area contributed by atoms with Crippen LogP contribution >= 0.6 is 0 Å². The molecule has 3 aromatic carbocycles. The van der Waals surface area contributed by atoms with Crippen LogP contribution < -0.4 is 14.4 Å². The molecule has 1 unspecified atom stereocenters. The Morgan fingerprint density at radius 1 is 1.00 bits per heavy atom. The van der Waals surface area contributed by atoms with Crippen LogP contribution in [0.2, 0.25) is 0 Å². The van der Waals surface area contributed by atoms with Gasteiger partial charge in [-0.1, -0.05) is 36.4 Å². The van der Waals surface area contributed by atoms with Crippen LogP contribution in [0.1, 0.15) is 22.7 Å². The number of aliphatic hydroxyl groups is 1. The number of aliphatic hydroxyl groups excluding tert-OH is 1. The van der Waals surface area contributed by atoms with Gasteiger partial charge >= 0.3 is 5.91 Å². The highest BCUT2D eigenvalue weighted by atomic mass is 16.5. The van der Waals surface area contributed by atoms with E-state index in [0.717, 1.165) is 11.1 Å². The molecule has 1 atom stereocenters. The Labute approximate surface area is 201 Å². The second kappa shape index (κ2) is 8.64. The number of imidazole rings is 1. The number of ketones is 1. The van der Waals surface area contributed by atoms with Gasteiger partial charge in [0.15, 0.2) is 0 Å². The monoisotopic (exact) mass is 469 g/mol. The summed E-state index contributed by atoms with van der Waals surface area (Å²) in [5.74, 6) is -0.956. The van der Waals surface area contributed by atoms with E-state index in [2.05, 4.69) is 9.97 Å². The lowest BCUT2D eigenvalue weighted by Gasteiger charge is -2.23. The van der Waals surface area contributed by atoms with Crippen molar-refractivity contribution in [1.82, 2.24) is 9.97 Å². The number of rotatable bonds is 5. The van der Waals surface area contributed by atoms with Crippen LogP contribution in [0.4, 0.5) is 5.95 Å². The molecule has 8 nitrogen and oxygen atoms in total. The van der Waals surface area contributed by atoms with E-state index in [1.807, 2.05) is 43.3 Å². The van der Waals surface area contributed by atoms with E-state index in [-0.39, 0.29) is 22.8 Å². The van der Waals surface area contributed by atoms with Gasteiger partial charge in [0, 0.05) is 0 Å². The van der Waals surface area contributed by atoms with Crippen LogP contribution in [-0.2, 0) is 9.59 Å². The van der Waals surface area contributed by atoms with Crippen LogP contribution in [0, 0.1) is 6.92 Å². The zero-order chi connectivity index (χ0) is 24.7. The summed E-state index contributed by atoms with van der Waals surface area (Å²) in [6, 6.07) is 18.7. The second-order valence-corrected chi connectivity index (χ2v) is 8.23. The number of aromatic amines is 1. The van der Waals surface area contributed by atoms with Crippen molar-refractivity contribution >= 4 is 34.4 Å². The highest BCUT2D eigenvalue weighted by Crippen LogP contribution is 2.43. The quantitative estimate of drug-likeness (QED) is 0.253. The number of Topliss-reactive ketones (excluding diaryl/α,β-unsaturated/α-hetero) is 1. The minimum Gasteiger partial charge on any atom is -0.507 e. The second-order valence-electron chi connectivity index (χ2n) is 8.23. The van der Waals surface area contributed by atoms with E-state index in [4.69, 9.17) is 9.47 Å². The van der Waals surface area contributed by atoms with Crippen LogP contribution in [0.15, 0.2) is 72.3 Å². The molecule has 176 valence electrons. The van der Waals surface area contributed by atoms with Gasteiger partial charge in [-0.15, -0.1) is 0 Å². The molecule has 5 rings (SSSR count). The summed E-state index contributed by atoms with van der Waals surface area (Å²) in [5.41, 5.74) is 3.25. The maximum absolute atomic E-state index is 13.4. The molecule has 0 bridgehead atoms. The number of nitrogens with zero attached hydrogens (tertiary/aromatic N) is 2. The van der Waals surface area contributed by atoms with Crippen molar-refractivity contribution < 1.29 is 24.2 Å². The Morgan fingerprint density at radius 2 is 1.77 bits per heavy atom. The third-order valence-electron chi connectivity index (χ3n) is 6.07. The number of H-pyrrole nitrogens is 1. The molecule has 0 aliphatic carbocycles. The van der Waals surface area contributed by atoms with Gasteiger partial charge in [-0.2, -0.15) is 0 Å². The molecular weight excluding hydrogens is 446 g/mol. The minimum atomic E-state index is -0.909. The number of hydrogen-bond donors (Lipinski definition) is 2. The average Bonchev–Trinajstić information content (AvgIpc) is 3.41. The minimum absolute atomic E-state index is 0.0654. The van der Waals surface area contributed by atoms with E-state index >= 15 is 0 Å². The summed E-state index contributed by atoms with van der Waals surface area (Å²) < 4.78 is 10.7. The SMILES string of the molecule is COc1ccc(OC)c(/C(O)=C2\C(=O)C(=O)N(c3nc4ccc(C)cc4[nH]3)C2c2ccccc2)c1. The molecule has 2 N–H and O–H groups in total. The lowest BCUT2D eigenvalue weighted by molar-refractivity contribution is -0.132. The predicted octanol–water partition coefficient (Wildman–Crippen LogP) is 4.51. The molecule has 1 aliphatic heterocycles. The van der Waals surface area contributed by atoms with Gasteiger partial charge in [-0.25, -0.2) is 4.98 Å². The number of anilines is 1. The summed E-state index contributed by atoms with van der Waals surface area (Å²) >= 11 is 0. The van der Waals surface area contributed by atoms with Gasteiger partial charge in [0.1, 0.15) is 17.3 Å². The van der Waals surface area contributed by atoms with Gasteiger partial charge in [0.25, 0.3) is 5.78 Å². The Balaban J connectivity index is 1.75. The Bertz CT molecular complexity index is 1490. The molecule has 1 fully saturated rings. The number of hydrogen-bond acceptors (Lipinski definition) is 6. The van der Waals surface area contributed by atoms with Crippen LogP contribution in [0.3, 0.4) is 0 Å². The van der Waals surface area contributed by atoms with Crippen molar-refractivity contribution in [3.63, 3.8) is 0 Å². The van der Waals surface area contributed by atoms with E-state index in [0.29, 0.717) is 22.6 Å². The smallest absolute Gasteiger partial charge is 0.302 e. The third kappa shape index (κ3) is 3.69. The van der Waals surface area contributed by atoms with Crippen LogP contribution in [0.5, 0.6) is 11.5 Å². The lowest BCUT2D eigenvalue weighted by atomic mass is 9.95. The number of carbonyl (C=O) groups is 2. The fourth-order valence-electron chi connectivity index (χ4n) is 4.37. The fourth-order valence-corrected chi connectivity index (χ4v) is 4.37. The molecule has 1 saturated heterocycles. The molecule has 0 saturated carbocycles. The maximum atomic E-state index is 13.4. The fraction of sp³-hybridized carbons (Fsp3) is 0.148. The first kappa shape index (κ1) is 22.2. The Morgan fingerprint density at radius 3 is 2.49 bits per heavy atom. The molecule has 8 heteroatoms. The number of amides is 1. The van der Waals surface area contributed by atoms with Crippen molar-refractivity contribution in [1.29, 1.82) is 0 Å². The zero-order valence-electron chi connectivity index (χ0n) is 19.4. The number of aromatic nitrogens is 2. The first-order valence-corrected chi connectivity index (χ1v) is 11.0. The van der Waals surface area contributed by atoms with Crippen LogP contribution in [0.25, 0.3) is 16.8 Å². The molecule has 4 aromatic rings. The van der Waals surface area contributed by atoms with E-state index in [1.165, 1.54) is 19.1 Å². The van der Waals surface area contributed by atoms with Gasteiger partial charge in [0.2, 0.25) is 5.95 Å².